The molecule has 0 saturated carbocycles. The van der Waals surface area contributed by atoms with Crippen molar-refractivity contribution >= 4 is 34.8 Å². The Hall–Kier alpha value is -1.98. The number of nitrogen functional groups attached to an aromatic ring is 1. The molecule has 0 aliphatic heterocycles. The molecule has 0 aromatic heterocycles. The molecule has 0 amide bonds. The van der Waals surface area contributed by atoms with Crippen molar-refractivity contribution < 1.29 is 19.0 Å². The lowest BCUT2D eigenvalue weighted by Gasteiger charge is -2.10. The van der Waals surface area contributed by atoms with Gasteiger partial charge in [0, 0.05) is 16.5 Å². The lowest BCUT2D eigenvalue weighted by Crippen LogP contribution is -2.15. The Kier molecular flexibility index (Phi) is 7.49. The van der Waals surface area contributed by atoms with Gasteiger partial charge in [0.15, 0.2) is 0 Å². The third kappa shape index (κ3) is 4.79. The molecule has 0 fully saturated rings. The minimum absolute atomic E-state index is 0. The predicted octanol–water partition coefficient (Wildman–Crippen LogP) is 2.80. The van der Waals surface area contributed by atoms with E-state index in [0.717, 1.165) is 22.2 Å². The number of nitrogens with two attached hydrogens (primary N) is 1. The van der Waals surface area contributed by atoms with Crippen molar-refractivity contribution in [2.45, 2.75) is 6.92 Å². The van der Waals surface area contributed by atoms with Crippen molar-refractivity contribution in [1.29, 1.82) is 0 Å². The number of carbonyl (C=O) groups is 1. The highest BCUT2D eigenvalue weighted by Crippen LogP contribution is 2.29. The average Bonchev–Trinajstić information content (AvgIpc) is 2.48. The molecule has 0 atom stereocenters. The normalized spacial score (nSPS) is 10.0. The van der Waals surface area contributed by atoms with Crippen LogP contribution < -0.4 is 10.5 Å². The summed E-state index contributed by atoms with van der Waals surface area (Å²) in [5.74, 6) is 0.384. The first-order chi connectivity index (χ1) is 10.2. The van der Waals surface area contributed by atoms with E-state index in [4.69, 9.17) is 19.9 Å². The number of fused-ring (bicyclic) bond motifs is 1. The van der Waals surface area contributed by atoms with Gasteiger partial charge in [0.25, 0.3) is 0 Å². The Morgan fingerprint density at radius 1 is 1.09 bits per heavy atom. The molecule has 0 heterocycles. The summed E-state index contributed by atoms with van der Waals surface area (Å²) in [5.41, 5.74) is 6.65. The Labute approximate surface area is 135 Å². The van der Waals surface area contributed by atoms with Crippen molar-refractivity contribution in [3.05, 3.63) is 36.4 Å². The van der Waals surface area contributed by atoms with Gasteiger partial charge in [-0.1, -0.05) is 24.3 Å². The van der Waals surface area contributed by atoms with Gasteiger partial charge >= 0.3 is 5.97 Å². The quantitative estimate of drug-likeness (QED) is 0.481. The van der Waals surface area contributed by atoms with E-state index >= 15 is 0 Å². The number of esters is 1. The molecule has 5 nitrogen and oxygen atoms in total. The fourth-order valence-corrected chi connectivity index (χ4v) is 2.00. The van der Waals surface area contributed by atoms with E-state index in [1.54, 1.807) is 6.92 Å². The minimum Gasteiger partial charge on any atom is -0.491 e. The molecule has 0 aliphatic rings. The number of anilines is 1. The highest BCUT2D eigenvalue weighted by molar-refractivity contribution is 5.96. The van der Waals surface area contributed by atoms with Crippen molar-refractivity contribution in [1.82, 2.24) is 0 Å². The van der Waals surface area contributed by atoms with Crippen LogP contribution in [0.1, 0.15) is 6.92 Å². The molecular weight excluding hydrogens is 306 g/mol. The minimum atomic E-state index is -0.365. The third-order valence-electron chi connectivity index (χ3n) is 2.93. The topological polar surface area (TPSA) is 70.8 Å². The van der Waals surface area contributed by atoms with Crippen LogP contribution in [-0.2, 0) is 14.3 Å². The lowest BCUT2D eigenvalue weighted by molar-refractivity contribution is -0.148. The Morgan fingerprint density at radius 3 is 2.59 bits per heavy atom. The standard InChI is InChI=1S/C16H19NO4.ClH/c1-2-20-16(18)11-19-9-10-21-15-8-4-5-12-13(15)6-3-7-14(12)17;/h3-8H,2,9-11,17H2,1H3;1H. The number of ether oxygens (including phenoxy) is 3. The first-order valence-corrected chi connectivity index (χ1v) is 6.85. The zero-order valence-electron chi connectivity index (χ0n) is 12.4. The van der Waals surface area contributed by atoms with Crippen LogP contribution in [-0.4, -0.2) is 32.4 Å². The summed E-state index contributed by atoms with van der Waals surface area (Å²) in [5, 5.41) is 1.92. The number of carbonyl (C=O) groups excluding carboxylic acids is 1. The highest BCUT2D eigenvalue weighted by Gasteiger charge is 2.05. The molecule has 0 spiro atoms. The Morgan fingerprint density at radius 2 is 1.82 bits per heavy atom. The maximum Gasteiger partial charge on any atom is 0.332 e. The smallest absolute Gasteiger partial charge is 0.332 e. The van der Waals surface area contributed by atoms with Crippen LogP contribution in [0.15, 0.2) is 36.4 Å². The van der Waals surface area contributed by atoms with Crippen LogP contribution in [0.5, 0.6) is 5.75 Å². The summed E-state index contributed by atoms with van der Waals surface area (Å²) in [6, 6.07) is 11.4. The fourth-order valence-electron chi connectivity index (χ4n) is 2.00. The molecular formula is C16H20ClNO4. The van der Waals surface area contributed by atoms with E-state index in [1.165, 1.54) is 0 Å². The highest BCUT2D eigenvalue weighted by atomic mass is 35.5. The Bertz CT molecular complexity index is 618. The van der Waals surface area contributed by atoms with Crippen molar-refractivity contribution in [3.8, 4) is 5.75 Å². The number of rotatable bonds is 7. The summed E-state index contributed by atoms with van der Waals surface area (Å²) in [6.07, 6.45) is 0. The van der Waals surface area contributed by atoms with Crippen LogP contribution in [0.4, 0.5) is 5.69 Å². The number of hydrogen-bond acceptors (Lipinski definition) is 5. The van der Waals surface area contributed by atoms with Gasteiger partial charge < -0.3 is 19.9 Å². The van der Waals surface area contributed by atoms with Crippen LogP contribution in [0.3, 0.4) is 0 Å². The summed E-state index contributed by atoms with van der Waals surface area (Å²) in [4.78, 5) is 11.1. The average molecular weight is 326 g/mol. The second-order valence-corrected chi connectivity index (χ2v) is 4.40. The predicted molar refractivity (Wildman–Crippen MR) is 88.6 cm³/mol. The molecule has 0 radical (unpaired) electrons. The second-order valence-electron chi connectivity index (χ2n) is 4.40. The summed E-state index contributed by atoms with van der Waals surface area (Å²) in [6.45, 7) is 2.73. The number of benzene rings is 2. The molecule has 22 heavy (non-hydrogen) atoms. The zero-order valence-corrected chi connectivity index (χ0v) is 13.2. The number of hydrogen-bond donors (Lipinski definition) is 1. The molecule has 120 valence electrons. The largest absolute Gasteiger partial charge is 0.491 e. The zero-order chi connectivity index (χ0) is 15.1. The molecule has 0 unspecified atom stereocenters. The lowest BCUT2D eigenvalue weighted by atomic mass is 10.1. The van der Waals surface area contributed by atoms with Crippen LogP contribution in [0.2, 0.25) is 0 Å². The van der Waals surface area contributed by atoms with Crippen molar-refractivity contribution in [3.63, 3.8) is 0 Å². The van der Waals surface area contributed by atoms with Gasteiger partial charge in [-0.3, -0.25) is 0 Å². The SMILES string of the molecule is CCOC(=O)COCCOc1cccc2c(N)cccc12.Cl. The van der Waals surface area contributed by atoms with E-state index in [1.807, 2.05) is 36.4 Å². The first-order valence-electron chi connectivity index (χ1n) is 6.85. The van der Waals surface area contributed by atoms with E-state index in [-0.39, 0.29) is 25.0 Å². The van der Waals surface area contributed by atoms with Gasteiger partial charge in [0.2, 0.25) is 0 Å². The van der Waals surface area contributed by atoms with E-state index in [9.17, 15) is 4.79 Å². The van der Waals surface area contributed by atoms with Gasteiger partial charge in [0.05, 0.1) is 13.2 Å². The molecule has 2 aromatic rings. The van der Waals surface area contributed by atoms with Crippen LogP contribution in [0, 0.1) is 0 Å². The van der Waals surface area contributed by atoms with E-state index in [0.29, 0.717) is 19.8 Å². The number of halogens is 1. The second kappa shape index (κ2) is 9.12. The fraction of sp³-hybridized carbons (Fsp3) is 0.312. The Balaban J connectivity index is 0.00000242. The van der Waals surface area contributed by atoms with Gasteiger partial charge in [0.1, 0.15) is 19.0 Å². The molecule has 0 bridgehead atoms. The molecule has 2 N–H and O–H groups in total. The van der Waals surface area contributed by atoms with Crippen molar-refractivity contribution in [2.75, 3.05) is 32.2 Å². The maximum atomic E-state index is 11.1. The molecule has 0 aliphatic carbocycles. The van der Waals surface area contributed by atoms with Gasteiger partial charge in [-0.05, 0) is 19.1 Å². The van der Waals surface area contributed by atoms with Gasteiger partial charge in [-0.2, -0.15) is 0 Å². The van der Waals surface area contributed by atoms with E-state index < -0.39 is 0 Å². The molecule has 2 rings (SSSR count). The summed E-state index contributed by atoms with van der Waals surface area (Å²) >= 11 is 0. The third-order valence-corrected chi connectivity index (χ3v) is 2.93. The van der Waals surface area contributed by atoms with E-state index in [2.05, 4.69) is 0 Å². The monoisotopic (exact) mass is 325 g/mol. The van der Waals surface area contributed by atoms with Crippen molar-refractivity contribution in [2.24, 2.45) is 0 Å². The molecule has 0 saturated heterocycles. The summed E-state index contributed by atoms with van der Waals surface area (Å²) in [7, 11) is 0. The van der Waals surface area contributed by atoms with Gasteiger partial charge in [-0.15, -0.1) is 12.4 Å². The van der Waals surface area contributed by atoms with Crippen LogP contribution in [0.25, 0.3) is 10.8 Å². The summed E-state index contributed by atoms with van der Waals surface area (Å²) < 4.78 is 15.6. The van der Waals surface area contributed by atoms with Gasteiger partial charge in [-0.25, -0.2) is 4.79 Å². The maximum absolute atomic E-state index is 11.1. The molecule has 2 aromatic carbocycles. The molecule has 6 heteroatoms. The van der Waals surface area contributed by atoms with Crippen LogP contribution >= 0.6 is 12.4 Å². The first kappa shape index (κ1) is 18.1.